The molecule has 2 atom stereocenters. The monoisotopic (exact) mass is 339 g/mol. The normalized spacial score (nSPS) is 20.4. The number of nitrogens with one attached hydrogen (secondary N) is 1. The van der Waals surface area contributed by atoms with Crippen molar-refractivity contribution in [1.29, 1.82) is 0 Å². The first-order valence-electron chi connectivity index (χ1n) is 8.37. The van der Waals surface area contributed by atoms with E-state index < -0.39 is 0 Å². The molecule has 3 heterocycles. The summed E-state index contributed by atoms with van der Waals surface area (Å²) in [6, 6.07) is 3.39. The molecule has 1 N–H and O–H groups in total. The van der Waals surface area contributed by atoms with E-state index in [0.29, 0.717) is 18.5 Å². The van der Waals surface area contributed by atoms with E-state index in [1.165, 1.54) is 0 Å². The van der Waals surface area contributed by atoms with Gasteiger partial charge in [0.15, 0.2) is 0 Å². The van der Waals surface area contributed by atoms with Crippen LogP contribution in [0.2, 0.25) is 0 Å². The summed E-state index contributed by atoms with van der Waals surface area (Å²) in [5.41, 5.74) is 1.47. The molecular formula is C18H21N5O2. The van der Waals surface area contributed by atoms with Gasteiger partial charge in [0.2, 0.25) is 11.8 Å². The Bertz CT molecular complexity index is 748. The molecule has 7 heteroatoms. The summed E-state index contributed by atoms with van der Waals surface area (Å²) in [6.07, 6.45) is 8.19. The first-order chi connectivity index (χ1) is 12.1. The van der Waals surface area contributed by atoms with Crippen LogP contribution in [0.15, 0.2) is 36.9 Å². The fourth-order valence-electron chi connectivity index (χ4n) is 3.17. The van der Waals surface area contributed by atoms with E-state index >= 15 is 0 Å². The number of hydrogen-bond acceptors (Lipinski definition) is 5. The third-order valence-corrected chi connectivity index (χ3v) is 4.53. The van der Waals surface area contributed by atoms with Gasteiger partial charge in [-0.25, -0.2) is 9.97 Å². The van der Waals surface area contributed by atoms with Crippen LogP contribution in [0.25, 0.3) is 0 Å². The van der Waals surface area contributed by atoms with E-state index in [2.05, 4.69) is 20.3 Å². The first-order valence-corrected chi connectivity index (χ1v) is 8.37. The van der Waals surface area contributed by atoms with Gasteiger partial charge < -0.3 is 10.2 Å². The lowest BCUT2D eigenvalue weighted by molar-refractivity contribution is -0.140. The lowest BCUT2D eigenvalue weighted by atomic mass is 9.84. The number of carbonyl (C=O) groups excluding carboxylic acids is 2. The van der Waals surface area contributed by atoms with Crippen molar-refractivity contribution < 1.29 is 9.59 Å². The highest BCUT2D eigenvalue weighted by Crippen LogP contribution is 2.36. The third-order valence-electron chi connectivity index (χ3n) is 4.53. The van der Waals surface area contributed by atoms with Gasteiger partial charge in [-0.3, -0.25) is 14.6 Å². The first kappa shape index (κ1) is 17.0. The predicted molar refractivity (Wildman–Crippen MR) is 92.5 cm³/mol. The maximum atomic E-state index is 12.8. The standard InChI is InChI=1S/C18H21N5O2/c1-3-15-20-10-13(11-21-15)22-18(25)14-4-5-16(24)23(2)17(14)12-6-8-19-9-7-12/h6-11,14,17H,3-5H2,1-2H3,(H,22,25)/t14-,17+/m0/s1. The van der Waals surface area contributed by atoms with E-state index in [1.54, 1.807) is 36.7 Å². The van der Waals surface area contributed by atoms with Crippen molar-refractivity contribution in [2.45, 2.75) is 32.2 Å². The Labute approximate surface area is 146 Å². The van der Waals surface area contributed by atoms with Gasteiger partial charge in [0.05, 0.1) is 30.0 Å². The maximum absolute atomic E-state index is 12.8. The fraction of sp³-hybridized carbons (Fsp3) is 0.389. The maximum Gasteiger partial charge on any atom is 0.230 e. The van der Waals surface area contributed by atoms with Crippen molar-refractivity contribution in [2.24, 2.45) is 5.92 Å². The number of pyridine rings is 1. The zero-order valence-corrected chi connectivity index (χ0v) is 14.3. The molecule has 0 unspecified atom stereocenters. The summed E-state index contributed by atoms with van der Waals surface area (Å²) in [5.74, 6) is 0.308. The number of rotatable bonds is 4. The van der Waals surface area contributed by atoms with Crippen LogP contribution in [-0.2, 0) is 16.0 Å². The number of piperidine rings is 1. The summed E-state index contributed by atoms with van der Waals surface area (Å²) in [6.45, 7) is 1.97. The second-order valence-corrected chi connectivity index (χ2v) is 6.11. The van der Waals surface area contributed by atoms with Gasteiger partial charge in [-0.1, -0.05) is 6.92 Å². The molecule has 3 rings (SSSR count). The summed E-state index contributed by atoms with van der Waals surface area (Å²) < 4.78 is 0. The largest absolute Gasteiger partial charge is 0.338 e. The van der Waals surface area contributed by atoms with Crippen molar-refractivity contribution >= 4 is 17.5 Å². The number of anilines is 1. The molecule has 2 aromatic rings. The number of likely N-dealkylation sites (tertiary alicyclic amines) is 1. The van der Waals surface area contributed by atoms with E-state index in [9.17, 15) is 9.59 Å². The number of aryl methyl sites for hydroxylation is 1. The average Bonchev–Trinajstić information content (AvgIpc) is 2.65. The molecule has 130 valence electrons. The number of carbonyl (C=O) groups is 2. The van der Waals surface area contributed by atoms with Crippen molar-refractivity contribution in [3.63, 3.8) is 0 Å². The van der Waals surface area contributed by atoms with E-state index in [0.717, 1.165) is 17.8 Å². The molecule has 2 aromatic heterocycles. The minimum Gasteiger partial charge on any atom is -0.338 e. The number of nitrogens with zero attached hydrogens (tertiary/aromatic N) is 4. The minimum atomic E-state index is -0.337. The van der Waals surface area contributed by atoms with Crippen LogP contribution in [0.3, 0.4) is 0 Å². The second kappa shape index (κ2) is 7.38. The molecule has 1 saturated heterocycles. The van der Waals surface area contributed by atoms with Gasteiger partial charge in [-0.05, 0) is 24.1 Å². The van der Waals surface area contributed by atoms with Gasteiger partial charge in [-0.2, -0.15) is 0 Å². The van der Waals surface area contributed by atoms with Crippen molar-refractivity contribution in [3.8, 4) is 0 Å². The second-order valence-electron chi connectivity index (χ2n) is 6.11. The van der Waals surface area contributed by atoms with E-state index in [4.69, 9.17) is 0 Å². The molecule has 0 aromatic carbocycles. The Balaban J connectivity index is 1.82. The highest BCUT2D eigenvalue weighted by Gasteiger charge is 2.38. The molecule has 0 spiro atoms. The smallest absolute Gasteiger partial charge is 0.230 e. The van der Waals surface area contributed by atoms with Gasteiger partial charge in [-0.15, -0.1) is 0 Å². The van der Waals surface area contributed by atoms with Crippen LogP contribution >= 0.6 is 0 Å². The predicted octanol–water partition coefficient (Wildman–Crippen LogP) is 1.98. The van der Waals surface area contributed by atoms with Crippen molar-refractivity contribution in [2.75, 3.05) is 12.4 Å². The zero-order valence-electron chi connectivity index (χ0n) is 14.3. The third kappa shape index (κ3) is 3.65. The van der Waals surface area contributed by atoms with Gasteiger partial charge >= 0.3 is 0 Å². The zero-order chi connectivity index (χ0) is 17.8. The van der Waals surface area contributed by atoms with Crippen LogP contribution in [0.4, 0.5) is 5.69 Å². The van der Waals surface area contributed by atoms with Gasteiger partial charge in [0.25, 0.3) is 0 Å². The van der Waals surface area contributed by atoms with Gasteiger partial charge in [0, 0.05) is 32.3 Å². The van der Waals surface area contributed by atoms with Crippen LogP contribution in [0.5, 0.6) is 0 Å². The average molecular weight is 339 g/mol. The number of aromatic nitrogens is 3. The minimum absolute atomic E-state index is 0.0431. The van der Waals surface area contributed by atoms with Crippen LogP contribution in [0.1, 0.15) is 37.2 Å². The van der Waals surface area contributed by atoms with Crippen LogP contribution < -0.4 is 5.32 Å². The SMILES string of the molecule is CCc1ncc(NC(=O)[C@H]2CCC(=O)N(C)[C@@H]2c2ccncc2)cn1. The Kier molecular flexibility index (Phi) is 5.02. The molecule has 0 radical (unpaired) electrons. The number of amides is 2. The molecule has 7 nitrogen and oxygen atoms in total. The molecule has 1 fully saturated rings. The number of hydrogen-bond donors (Lipinski definition) is 1. The molecule has 0 saturated carbocycles. The topological polar surface area (TPSA) is 88.1 Å². The molecule has 25 heavy (non-hydrogen) atoms. The fourth-order valence-corrected chi connectivity index (χ4v) is 3.17. The lowest BCUT2D eigenvalue weighted by Crippen LogP contribution is -2.44. The Morgan fingerprint density at radius 3 is 2.60 bits per heavy atom. The summed E-state index contributed by atoms with van der Waals surface area (Å²) in [4.78, 5) is 39.0. The summed E-state index contributed by atoms with van der Waals surface area (Å²) in [7, 11) is 1.74. The van der Waals surface area contributed by atoms with Crippen molar-refractivity contribution in [3.05, 3.63) is 48.3 Å². The van der Waals surface area contributed by atoms with E-state index in [-0.39, 0.29) is 23.8 Å². The Morgan fingerprint density at radius 1 is 1.28 bits per heavy atom. The molecule has 2 amide bonds. The molecule has 0 aliphatic carbocycles. The summed E-state index contributed by atoms with van der Waals surface area (Å²) >= 11 is 0. The van der Waals surface area contributed by atoms with Gasteiger partial charge in [0.1, 0.15) is 5.82 Å². The van der Waals surface area contributed by atoms with E-state index in [1.807, 2.05) is 19.1 Å². The molecule has 1 aliphatic rings. The lowest BCUT2D eigenvalue weighted by Gasteiger charge is -2.38. The highest BCUT2D eigenvalue weighted by molar-refractivity contribution is 5.94. The molecular weight excluding hydrogens is 318 g/mol. The summed E-state index contributed by atoms with van der Waals surface area (Å²) in [5, 5.41) is 2.88. The Hall–Kier alpha value is -2.83. The molecule has 0 bridgehead atoms. The molecule has 1 aliphatic heterocycles. The highest BCUT2D eigenvalue weighted by atomic mass is 16.2. The van der Waals surface area contributed by atoms with Crippen LogP contribution in [-0.4, -0.2) is 38.7 Å². The van der Waals surface area contributed by atoms with Crippen LogP contribution in [0, 0.1) is 5.92 Å². The van der Waals surface area contributed by atoms with Crippen molar-refractivity contribution in [1.82, 2.24) is 19.9 Å². The quantitative estimate of drug-likeness (QED) is 0.920. The Morgan fingerprint density at radius 2 is 1.96 bits per heavy atom.